The Hall–Kier alpha value is -1.98. The van der Waals surface area contributed by atoms with Crippen molar-refractivity contribution in [2.75, 3.05) is 12.4 Å². The van der Waals surface area contributed by atoms with Gasteiger partial charge in [0, 0.05) is 35.2 Å². The van der Waals surface area contributed by atoms with E-state index < -0.39 is 0 Å². The fourth-order valence-electron chi connectivity index (χ4n) is 2.18. The summed E-state index contributed by atoms with van der Waals surface area (Å²) >= 11 is 3.42. The van der Waals surface area contributed by atoms with Gasteiger partial charge in [0.2, 0.25) is 0 Å². The first kappa shape index (κ1) is 14.0. The molecule has 0 bridgehead atoms. The second-order valence-electron chi connectivity index (χ2n) is 4.59. The van der Waals surface area contributed by atoms with Gasteiger partial charge in [-0.15, -0.1) is 0 Å². The highest BCUT2D eigenvalue weighted by Crippen LogP contribution is 2.27. The summed E-state index contributed by atoms with van der Waals surface area (Å²) in [6.07, 6.45) is 3.55. The lowest BCUT2D eigenvalue weighted by Crippen LogP contribution is -1.99. The van der Waals surface area contributed by atoms with Crippen molar-refractivity contribution in [2.45, 2.75) is 6.61 Å². The highest BCUT2D eigenvalue weighted by Gasteiger charge is 2.07. The fraction of sp³-hybridized carbons (Fsp3) is 0.125. The lowest BCUT2D eigenvalue weighted by atomic mass is 10.1. The van der Waals surface area contributed by atoms with Crippen molar-refractivity contribution < 1.29 is 4.74 Å². The average molecular weight is 344 g/mol. The number of aromatic nitrogens is 2. The van der Waals surface area contributed by atoms with Crippen LogP contribution in [-0.4, -0.2) is 17.1 Å². The highest BCUT2D eigenvalue weighted by atomic mass is 79.9. The van der Waals surface area contributed by atoms with E-state index >= 15 is 0 Å². The Morgan fingerprint density at radius 1 is 1.14 bits per heavy atom. The molecule has 4 nitrogen and oxygen atoms in total. The smallest absolute Gasteiger partial charge is 0.112 e. The summed E-state index contributed by atoms with van der Waals surface area (Å²) in [4.78, 5) is 8.80. The zero-order valence-electron chi connectivity index (χ0n) is 11.5. The van der Waals surface area contributed by atoms with E-state index in [1.807, 2.05) is 36.4 Å². The molecule has 0 spiro atoms. The van der Waals surface area contributed by atoms with Crippen LogP contribution >= 0.6 is 15.9 Å². The zero-order valence-corrected chi connectivity index (χ0v) is 13.1. The molecule has 3 rings (SSSR count). The number of benzene rings is 1. The second kappa shape index (κ2) is 6.20. The number of hydrogen-bond acceptors (Lipinski definition) is 4. The maximum atomic E-state index is 5.24. The van der Waals surface area contributed by atoms with Crippen LogP contribution < -0.4 is 5.32 Å². The summed E-state index contributed by atoms with van der Waals surface area (Å²) in [5, 5.41) is 3.42. The number of hydrogen-bond donors (Lipinski definition) is 1. The molecule has 2 aromatic heterocycles. The normalized spacial score (nSPS) is 10.8. The molecule has 0 amide bonds. The van der Waals surface area contributed by atoms with Crippen LogP contribution in [-0.2, 0) is 11.3 Å². The SMILES string of the molecule is COCc1ccccc1Nc1ccnc2cc(Br)cnc12. The monoisotopic (exact) mass is 343 g/mol. The van der Waals surface area contributed by atoms with E-state index in [0.717, 1.165) is 32.4 Å². The number of para-hydroxylation sites is 1. The lowest BCUT2D eigenvalue weighted by Gasteiger charge is -2.12. The molecule has 0 fully saturated rings. The van der Waals surface area contributed by atoms with Crippen molar-refractivity contribution in [3.63, 3.8) is 0 Å². The van der Waals surface area contributed by atoms with E-state index in [0.29, 0.717) is 6.61 Å². The molecular formula is C16H14BrN3O. The molecule has 0 saturated carbocycles. The molecule has 5 heteroatoms. The van der Waals surface area contributed by atoms with Crippen molar-refractivity contribution >= 4 is 38.3 Å². The molecule has 21 heavy (non-hydrogen) atoms. The molecule has 0 saturated heterocycles. The van der Waals surface area contributed by atoms with Gasteiger partial charge >= 0.3 is 0 Å². The van der Waals surface area contributed by atoms with E-state index in [4.69, 9.17) is 4.74 Å². The van der Waals surface area contributed by atoms with Crippen molar-refractivity contribution in [2.24, 2.45) is 0 Å². The number of ether oxygens (including phenoxy) is 1. The first-order valence-electron chi connectivity index (χ1n) is 6.52. The van der Waals surface area contributed by atoms with Gasteiger partial charge in [0.1, 0.15) is 5.52 Å². The molecule has 0 unspecified atom stereocenters. The van der Waals surface area contributed by atoms with Crippen LogP contribution in [0.3, 0.4) is 0 Å². The van der Waals surface area contributed by atoms with E-state index in [-0.39, 0.29) is 0 Å². The van der Waals surface area contributed by atoms with Crippen LogP contribution in [0.15, 0.2) is 53.3 Å². The van der Waals surface area contributed by atoms with Crippen LogP contribution in [0.2, 0.25) is 0 Å². The van der Waals surface area contributed by atoms with Crippen molar-refractivity contribution in [1.29, 1.82) is 0 Å². The molecule has 0 aliphatic heterocycles. The summed E-state index contributed by atoms with van der Waals surface area (Å²) < 4.78 is 6.15. The van der Waals surface area contributed by atoms with Gasteiger partial charge in [-0.3, -0.25) is 9.97 Å². The Bertz CT molecular complexity index is 776. The third-order valence-electron chi connectivity index (χ3n) is 3.13. The van der Waals surface area contributed by atoms with E-state index in [9.17, 15) is 0 Å². The molecular weight excluding hydrogens is 330 g/mol. The van der Waals surface area contributed by atoms with Gasteiger partial charge < -0.3 is 10.1 Å². The summed E-state index contributed by atoms with van der Waals surface area (Å²) in [6.45, 7) is 0.561. The minimum absolute atomic E-state index is 0.561. The summed E-state index contributed by atoms with van der Waals surface area (Å²) in [5.41, 5.74) is 4.72. The van der Waals surface area contributed by atoms with Gasteiger partial charge in [0.05, 0.1) is 17.8 Å². The molecule has 1 N–H and O–H groups in total. The Kier molecular flexibility index (Phi) is 4.13. The van der Waals surface area contributed by atoms with Crippen molar-refractivity contribution in [3.05, 3.63) is 58.8 Å². The Morgan fingerprint density at radius 2 is 2.00 bits per heavy atom. The number of methoxy groups -OCH3 is 1. The fourth-order valence-corrected chi connectivity index (χ4v) is 2.49. The highest BCUT2D eigenvalue weighted by molar-refractivity contribution is 9.10. The molecule has 1 aromatic carbocycles. The van der Waals surface area contributed by atoms with E-state index in [1.165, 1.54) is 0 Å². The Labute approximate surface area is 131 Å². The quantitative estimate of drug-likeness (QED) is 0.767. The standard InChI is InChI=1S/C16H14BrN3O/c1-21-10-11-4-2-3-5-13(11)20-14-6-7-18-15-8-12(17)9-19-16(14)15/h2-9H,10H2,1H3,(H,18,20). The second-order valence-corrected chi connectivity index (χ2v) is 5.51. The largest absolute Gasteiger partial charge is 0.380 e. The first-order chi connectivity index (χ1) is 10.3. The van der Waals surface area contributed by atoms with Gasteiger partial charge in [0.25, 0.3) is 0 Å². The summed E-state index contributed by atoms with van der Waals surface area (Å²) in [6, 6.07) is 11.9. The minimum Gasteiger partial charge on any atom is -0.380 e. The number of anilines is 2. The maximum Gasteiger partial charge on any atom is 0.112 e. The van der Waals surface area contributed by atoms with Crippen LogP contribution in [0.4, 0.5) is 11.4 Å². The van der Waals surface area contributed by atoms with Crippen molar-refractivity contribution in [3.8, 4) is 0 Å². The minimum atomic E-state index is 0.561. The third-order valence-corrected chi connectivity index (χ3v) is 3.56. The van der Waals surface area contributed by atoms with Gasteiger partial charge in [0.15, 0.2) is 0 Å². The van der Waals surface area contributed by atoms with Gasteiger partial charge in [-0.25, -0.2) is 0 Å². The van der Waals surface area contributed by atoms with Crippen LogP contribution in [0.1, 0.15) is 5.56 Å². The number of nitrogens with one attached hydrogen (secondary N) is 1. The molecule has 106 valence electrons. The predicted octanol–water partition coefficient (Wildman–Crippen LogP) is 4.28. The molecule has 2 heterocycles. The van der Waals surface area contributed by atoms with Crippen LogP contribution in [0.5, 0.6) is 0 Å². The van der Waals surface area contributed by atoms with E-state index in [2.05, 4.69) is 31.2 Å². The predicted molar refractivity (Wildman–Crippen MR) is 87.7 cm³/mol. The molecule has 3 aromatic rings. The van der Waals surface area contributed by atoms with Gasteiger partial charge in [-0.2, -0.15) is 0 Å². The number of nitrogens with zero attached hydrogens (tertiary/aromatic N) is 2. The summed E-state index contributed by atoms with van der Waals surface area (Å²) in [7, 11) is 1.69. The Morgan fingerprint density at radius 3 is 2.86 bits per heavy atom. The average Bonchev–Trinajstić information content (AvgIpc) is 2.49. The van der Waals surface area contributed by atoms with Gasteiger partial charge in [-0.05, 0) is 34.1 Å². The number of halogens is 1. The van der Waals surface area contributed by atoms with Gasteiger partial charge in [-0.1, -0.05) is 18.2 Å². The molecule has 0 radical (unpaired) electrons. The molecule has 0 atom stereocenters. The first-order valence-corrected chi connectivity index (χ1v) is 7.31. The third kappa shape index (κ3) is 3.04. The van der Waals surface area contributed by atoms with Crippen molar-refractivity contribution in [1.82, 2.24) is 9.97 Å². The van der Waals surface area contributed by atoms with Crippen LogP contribution in [0.25, 0.3) is 11.0 Å². The lowest BCUT2D eigenvalue weighted by molar-refractivity contribution is 0.185. The Balaban J connectivity index is 2.02. The zero-order chi connectivity index (χ0) is 14.7. The number of pyridine rings is 2. The summed E-state index contributed by atoms with van der Waals surface area (Å²) in [5.74, 6) is 0. The van der Waals surface area contributed by atoms with E-state index in [1.54, 1.807) is 19.5 Å². The number of fused-ring (bicyclic) bond motifs is 1. The maximum absolute atomic E-state index is 5.24. The van der Waals surface area contributed by atoms with Crippen LogP contribution in [0, 0.1) is 0 Å². The topological polar surface area (TPSA) is 47.0 Å². The number of rotatable bonds is 4. The molecule has 0 aliphatic carbocycles. The molecule has 0 aliphatic rings.